The Balaban J connectivity index is 1.48. The number of hydrogen-bond acceptors (Lipinski definition) is 4. The predicted octanol–water partition coefficient (Wildman–Crippen LogP) is 3.28. The fourth-order valence-corrected chi connectivity index (χ4v) is 7.80. The maximum absolute atomic E-state index is 13.5. The number of nitrogens with zero attached hydrogens (tertiary/aromatic N) is 2. The maximum atomic E-state index is 13.5. The van der Waals surface area contributed by atoms with Gasteiger partial charge in [-0.1, -0.05) is 18.1 Å². The Labute approximate surface area is 168 Å². The second-order valence-electron chi connectivity index (χ2n) is 8.80. The van der Waals surface area contributed by atoms with Crippen LogP contribution in [0.15, 0.2) is 40.8 Å². The van der Waals surface area contributed by atoms with Crippen molar-refractivity contribution in [2.24, 2.45) is 11.8 Å². The maximum Gasteiger partial charge on any atom is 0.243 e. The third-order valence-electron chi connectivity index (χ3n) is 7.28. The highest BCUT2D eigenvalue weighted by atomic mass is 32.2. The molecule has 5 nitrogen and oxygen atoms in total. The molecule has 3 aliphatic heterocycles. The zero-order valence-electron chi connectivity index (χ0n) is 16.6. The van der Waals surface area contributed by atoms with Gasteiger partial charge in [-0.2, -0.15) is 4.31 Å². The molecule has 0 saturated carbocycles. The summed E-state index contributed by atoms with van der Waals surface area (Å²) >= 11 is 0. The summed E-state index contributed by atoms with van der Waals surface area (Å²) in [5.41, 5.74) is 1.38. The lowest BCUT2D eigenvalue weighted by Crippen LogP contribution is -2.59. The highest BCUT2D eigenvalue weighted by molar-refractivity contribution is 7.89. The van der Waals surface area contributed by atoms with E-state index in [1.807, 2.05) is 4.31 Å². The van der Waals surface area contributed by atoms with E-state index in [0.717, 1.165) is 25.8 Å². The van der Waals surface area contributed by atoms with E-state index in [1.54, 1.807) is 31.4 Å². The zero-order chi connectivity index (χ0) is 19.3. The summed E-state index contributed by atoms with van der Waals surface area (Å²) in [4.78, 5) is 3.03. The van der Waals surface area contributed by atoms with Gasteiger partial charge in [0.15, 0.2) is 0 Å². The molecule has 1 aromatic carbocycles. The molecule has 152 valence electrons. The van der Waals surface area contributed by atoms with E-state index in [4.69, 9.17) is 4.74 Å². The van der Waals surface area contributed by atoms with Gasteiger partial charge >= 0.3 is 0 Å². The molecule has 3 saturated heterocycles. The second-order valence-corrected chi connectivity index (χ2v) is 10.7. The van der Waals surface area contributed by atoms with E-state index in [2.05, 4.69) is 11.0 Å². The smallest absolute Gasteiger partial charge is 0.243 e. The largest absolute Gasteiger partial charge is 0.497 e. The van der Waals surface area contributed by atoms with Crippen molar-refractivity contribution < 1.29 is 13.2 Å². The monoisotopic (exact) mass is 402 g/mol. The molecule has 4 aliphatic rings. The number of rotatable bonds is 3. The van der Waals surface area contributed by atoms with Crippen LogP contribution in [0.3, 0.4) is 0 Å². The Morgan fingerprint density at radius 3 is 2.68 bits per heavy atom. The molecule has 1 aliphatic carbocycles. The van der Waals surface area contributed by atoms with Crippen LogP contribution in [-0.2, 0) is 10.0 Å². The van der Waals surface area contributed by atoms with Crippen LogP contribution in [0.1, 0.15) is 38.5 Å². The summed E-state index contributed by atoms with van der Waals surface area (Å²) in [5.74, 6) is 1.73. The molecule has 0 aromatic heterocycles. The predicted molar refractivity (Wildman–Crippen MR) is 109 cm³/mol. The van der Waals surface area contributed by atoms with E-state index in [1.165, 1.54) is 31.4 Å². The van der Waals surface area contributed by atoms with Crippen molar-refractivity contribution in [2.45, 2.75) is 55.5 Å². The third-order valence-corrected chi connectivity index (χ3v) is 9.17. The molecule has 0 N–H and O–H groups in total. The van der Waals surface area contributed by atoms with Gasteiger partial charge in [0.1, 0.15) is 5.75 Å². The van der Waals surface area contributed by atoms with Crippen molar-refractivity contribution in [1.82, 2.24) is 9.21 Å². The molecule has 0 unspecified atom stereocenters. The average Bonchev–Trinajstić information content (AvgIpc) is 2.73. The lowest BCUT2D eigenvalue weighted by molar-refractivity contribution is 0.0149. The van der Waals surface area contributed by atoms with Crippen molar-refractivity contribution in [3.05, 3.63) is 35.9 Å². The summed E-state index contributed by atoms with van der Waals surface area (Å²) in [6.45, 7) is 2.86. The number of hydrogen-bond donors (Lipinski definition) is 0. The van der Waals surface area contributed by atoms with Crippen molar-refractivity contribution in [3.8, 4) is 5.75 Å². The molecule has 5 rings (SSSR count). The van der Waals surface area contributed by atoms with Crippen LogP contribution in [0.5, 0.6) is 5.75 Å². The first kappa shape index (κ1) is 18.6. The number of piperidine rings is 3. The van der Waals surface area contributed by atoms with Crippen LogP contribution >= 0.6 is 0 Å². The average molecular weight is 403 g/mol. The van der Waals surface area contributed by atoms with Gasteiger partial charge in [0, 0.05) is 19.1 Å². The molecule has 28 heavy (non-hydrogen) atoms. The number of ether oxygens (including phenoxy) is 1. The summed E-state index contributed by atoms with van der Waals surface area (Å²) in [6, 6.07) is 7.57. The molecular weight excluding hydrogens is 372 g/mol. The number of benzene rings is 1. The summed E-state index contributed by atoms with van der Waals surface area (Å²) < 4.78 is 34.1. The Morgan fingerprint density at radius 1 is 1.07 bits per heavy atom. The van der Waals surface area contributed by atoms with Gasteiger partial charge in [-0.15, -0.1) is 0 Å². The van der Waals surface area contributed by atoms with Gasteiger partial charge in [0.05, 0.1) is 18.0 Å². The standard InChI is InChI=1S/C22H30N2O3S/c1-27-19-7-9-20(10-8-19)28(25,26)24-12-4-5-16-13-17-14-18(22(16)24)15-23-11-3-2-6-21(17)23/h7-10,13,17-18,21-22H,2-6,11-12,14-15H2,1H3/t17-,18-,21-,22+/m0/s1. The van der Waals surface area contributed by atoms with Gasteiger partial charge in [0.2, 0.25) is 10.0 Å². The Kier molecular flexibility index (Phi) is 4.76. The van der Waals surface area contributed by atoms with Crippen molar-refractivity contribution in [2.75, 3.05) is 26.7 Å². The molecule has 1 aromatic rings. The van der Waals surface area contributed by atoms with Crippen LogP contribution in [-0.4, -0.2) is 56.5 Å². The second kappa shape index (κ2) is 7.15. The number of sulfonamides is 1. The van der Waals surface area contributed by atoms with Gasteiger partial charge in [0.25, 0.3) is 0 Å². The normalized spacial score (nSPS) is 33.5. The van der Waals surface area contributed by atoms with Gasteiger partial charge < -0.3 is 4.74 Å². The summed E-state index contributed by atoms with van der Waals surface area (Å²) in [6.07, 6.45) is 9.52. The zero-order valence-corrected chi connectivity index (χ0v) is 17.4. The number of fused-ring (bicyclic) bond motifs is 6. The first-order valence-electron chi connectivity index (χ1n) is 10.7. The van der Waals surface area contributed by atoms with E-state index in [9.17, 15) is 8.42 Å². The first-order valence-corrected chi connectivity index (χ1v) is 12.1. The van der Waals surface area contributed by atoms with Gasteiger partial charge in [-0.3, -0.25) is 4.90 Å². The van der Waals surface area contributed by atoms with Crippen LogP contribution in [0.4, 0.5) is 0 Å². The third kappa shape index (κ3) is 3.01. The van der Waals surface area contributed by atoms with Crippen molar-refractivity contribution in [3.63, 3.8) is 0 Å². The molecule has 0 radical (unpaired) electrons. The van der Waals surface area contributed by atoms with Crippen molar-refractivity contribution in [1.29, 1.82) is 0 Å². The molecular formula is C22H30N2O3S. The summed E-state index contributed by atoms with van der Waals surface area (Å²) in [7, 11) is -1.91. The molecule has 3 fully saturated rings. The number of methoxy groups -OCH3 is 1. The minimum Gasteiger partial charge on any atom is -0.497 e. The molecule has 0 amide bonds. The van der Waals surface area contributed by atoms with Crippen LogP contribution in [0.2, 0.25) is 0 Å². The summed E-state index contributed by atoms with van der Waals surface area (Å²) in [5, 5.41) is 0. The Morgan fingerprint density at radius 2 is 1.89 bits per heavy atom. The fraction of sp³-hybridized carbons (Fsp3) is 0.636. The van der Waals surface area contributed by atoms with Gasteiger partial charge in [-0.05, 0) is 74.8 Å². The molecule has 3 heterocycles. The van der Waals surface area contributed by atoms with E-state index in [-0.39, 0.29) is 6.04 Å². The fourth-order valence-electron chi connectivity index (χ4n) is 6.08. The molecule has 0 spiro atoms. The van der Waals surface area contributed by atoms with E-state index in [0.29, 0.717) is 35.1 Å². The molecule has 4 atom stereocenters. The minimum absolute atomic E-state index is 0.0416. The molecule has 6 heteroatoms. The van der Waals surface area contributed by atoms with Crippen LogP contribution < -0.4 is 4.74 Å². The van der Waals surface area contributed by atoms with E-state index < -0.39 is 10.0 Å². The highest BCUT2D eigenvalue weighted by Gasteiger charge is 2.48. The van der Waals surface area contributed by atoms with Crippen LogP contribution in [0, 0.1) is 11.8 Å². The SMILES string of the molecule is COc1ccc(S(=O)(=O)N2CCCC3=C[C@H]4C[C@@H](CN5CCCC[C@@H]45)[C@@H]32)cc1. The Bertz CT molecular complexity index is 864. The highest BCUT2D eigenvalue weighted by Crippen LogP contribution is 2.46. The quantitative estimate of drug-likeness (QED) is 0.728. The lowest BCUT2D eigenvalue weighted by atomic mass is 9.68. The lowest BCUT2D eigenvalue weighted by Gasteiger charge is -2.54. The molecule has 2 bridgehead atoms. The Hall–Kier alpha value is -1.37. The van der Waals surface area contributed by atoms with Crippen LogP contribution in [0.25, 0.3) is 0 Å². The topological polar surface area (TPSA) is 49.9 Å². The minimum atomic E-state index is -3.50. The first-order chi connectivity index (χ1) is 13.6. The van der Waals surface area contributed by atoms with Crippen molar-refractivity contribution >= 4 is 10.0 Å². The van der Waals surface area contributed by atoms with Gasteiger partial charge in [-0.25, -0.2) is 8.42 Å². The van der Waals surface area contributed by atoms with E-state index >= 15 is 0 Å².